The van der Waals surface area contributed by atoms with Gasteiger partial charge < -0.3 is 19.9 Å². The minimum atomic E-state index is -0.386. The number of carbonyl (C=O) groups excluding carboxylic acids is 2. The van der Waals surface area contributed by atoms with Crippen molar-refractivity contribution in [1.82, 2.24) is 14.9 Å². The van der Waals surface area contributed by atoms with E-state index < -0.39 is 0 Å². The van der Waals surface area contributed by atoms with E-state index in [1.54, 1.807) is 37.4 Å². The van der Waals surface area contributed by atoms with Gasteiger partial charge in [0, 0.05) is 54.7 Å². The summed E-state index contributed by atoms with van der Waals surface area (Å²) in [5.74, 6) is -0.454. The summed E-state index contributed by atoms with van der Waals surface area (Å²) < 4.78 is 7.08. The molecule has 0 spiro atoms. The summed E-state index contributed by atoms with van der Waals surface area (Å²) in [7, 11) is 2.02. The highest BCUT2D eigenvalue weighted by Crippen LogP contribution is 2.31. The zero-order valence-electron chi connectivity index (χ0n) is 18.6. The van der Waals surface area contributed by atoms with Gasteiger partial charge >= 0.3 is 12.0 Å². The molecule has 2 aromatic carbocycles. The Morgan fingerprint density at radius 3 is 2.58 bits per heavy atom. The second kappa shape index (κ2) is 9.99. The smallest absolute Gasteiger partial charge is 0.338 e. The van der Waals surface area contributed by atoms with Crippen LogP contribution in [-0.4, -0.2) is 34.7 Å². The number of nitrogens with one attached hydrogen (secondary N) is 2. The van der Waals surface area contributed by atoms with E-state index in [0.717, 1.165) is 22.0 Å². The van der Waals surface area contributed by atoms with E-state index >= 15 is 0 Å². The Labute approximate surface area is 192 Å². The lowest BCUT2D eigenvalue weighted by molar-refractivity contribution is 0.0526. The lowest BCUT2D eigenvalue weighted by Gasteiger charge is -2.18. The van der Waals surface area contributed by atoms with Crippen LogP contribution < -0.4 is 10.6 Å². The fraction of sp³-hybridized carbons (Fsp3) is 0.192. The highest BCUT2D eigenvalue weighted by atomic mass is 16.5. The predicted molar refractivity (Wildman–Crippen MR) is 128 cm³/mol. The molecule has 0 aliphatic carbocycles. The van der Waals surface area contributed by atoms with Gasteiger partial charge in [-0.25, -0.2) is 9.59 Å². The molecule has 0 saturated heterocycles. The van der Waals surface area contributed by atoms with Crippen LogP contribution in [0.2, 0.25) is 0 Å². The number of aryl methyl sites for hydroxylation is 1. The molecule has 2 aromatic heterocycles. The van der Waals surface area contributed by atoms with Gasteiger partial charge in [0.05, 0.1) is 12.2 Å². The molecule has 33 heavy (non-hydrogen) atoms. The highest BCUT2D eigenvalue weighted by Gasteiger charge is 2.20. The first-order valence-electron chi connectivity index (χ1n) is 10.8. The molecule has 0 saturated carbocycles. The number of rotatable bonds is 7. The van der Waals surface area contributed by atoms with E-state index in [4.69, 9.17) is 4.74 Å². The molecule has 2 heterocycles. The van der Waals surface area contributed by atoms with Crippen LogP contribution in [0.4, 0.5) is 10.5 Å². The van der Waals surface area contributed by atoms with Crippen LogP contribution >= 0.6 is 0 Å². The SMILES string of the molecule is CCOC(=O)c1ccc(NC(=O)NC[C@H](c2cccnc2)c2cn(C)c3ccccc23)cc1. The number of hydrogen-bond donors (Lipinski definition) is 2. The molecule has 0 bridgehead atoms. The maximum atomic E-state index is 12.6. The molecule has 0 fully saturated rings. The van der Waals surface area contributed by atoms with Gasteiger partial charge in [-0.2, -0.15) is 0 Å². The number of benzene rings is 2. The second-order valence-corrected chi connectivity index (χ2v) is 7.68. The van der Waals surface area contributed by atoms with Crippen molar-refractivity contribution in [2.75, 3.05) is 18.5 Å². The summed E-state index contributed by atoms with van der Waals surface area (Å²) in [4.78, 5) is 28.7. The minimum Gasteiger partial charge on any atom is -0.462 e. The van der Waals surface area contributed by atoms with E-state index in [0.29, 0.717) is 24.4 Å². The number of hydrogen-bond acceptors (Lipinski definition) is 4. The number of esters is 1. The van der Waals surface area contributed by atoms with E-state index in [1.165, 1.54) is 0 Å². The molecule has 0 unspecified atom stereocenters. The summed E-state index contributed by atoms with van der Waals surface area (Å²) in [6, 6.07) is 18.4. The Morgan fingerprint density at radius 2 is 1.85 bits per heavy atom. The van der Waals surface area contributed by atoms with Crippen molar-refractivity contribution in [3.63, 3.8) is 0 Å². The van der Waals surface area contributed by atoms with Gasteiger partial charge in [0.1, 0.15) is 0 Å². The number of pyridine rings is 1. The van der Waals surface area contributed by atoms with Crippen molar-refractivity contribution in [2.24, 2.45) is 7.05 Å². The van der Waals surface area contributed by atoms with Gasteiger partial charge in [-0.05, 0) is 54.4 Å². The molecule has 4 rings (SSSR count). The molecule has 2 N–H and O–H groups in total. The first-order valence-corrected chi connectivity index (χ1v) is 10.8. The Bertz CT molecular complexity index is 1250. The maximum Gasteiger partial charge on any atom is 0.338 e. The lowest BCUT2D eigenvalue weighted by Crippen LogP contribution is -2.32. The van der Waals surface area contributed by atoms with Gasteiger partial charge in [0.2, 0.25) is 0 Å². The number of para-hydroxylation sites is 1. The Balaban J connectivity index is 1.50. The summed E-state index contributed by atoms with van der Waals surface area (Å²) in [6.07, 6.45) is 5.68. The number of anilines is 1. The summed E-state index contributed by atoms with van der Waals surface area (Å²) in [5, 5.41) is 6.94. The number of ether oxygens (including phenoxy) is 1. The zero-order chi connectivity index (χ0) is 23.2. The van der Waals surface area contributed by atoms with Gasteiger partial charge in [0.15, 0.2) is 0 Å². The van der Waals surface area contributed by atoms with Gasteiger partial charge in [0.25, 0.3) is 0 Å². The molecule has 168 valence electrons. The van der Waals surface area contributed by atoms with Gasteiger partial charge in [-0.1, -0.05) is 24.3 Å². The van der Waals surface area contributed by atoms with Crippen molar-refractivity contribution < 1.29 is 14.3 Å². The van der Waals surface area contributed by atoms with Crippen molar-refractivity contribution in [3.8, 4) is 0 Å². The van der Waals surface area contributed by atoms with Crippen LogP contribution in [0.3, 0.4) is 0 Å². The standard InChI is InChI=1S/C26H26N4O3/c1-3-33-25(31)18-10-12-20(13-11-18)29-26(32)28-16-22(19-7-6-14-27-15-19)23-17-30(2)24-9-5-4-8-21(23)24/h4-15,17,22H,3,16H2,1-2H3,(H2,28,29,32)/t22-/m1/s1. The van der Waals surface area contributed by atoms with Crippen molar-refractivity contribution in [1.29, 1.82) is 0 Å². The van der Waals surface area contributed by atoms with E-state index in [2.05, 4.69) is 38.5 Å². The first kappa shape index (κ1) is 22.1. The number of carbonyl (C=O) groups is 2. The third-order valence-electron chi connectivity index (χ3n) is 5.51. The summed E-state index contributed by atoms with van der Waals surface area (Å²) in [6.45, 7) is 2.47. The van der Waals surface area contributed by atoms with Crippen molar-refractivity contribution in [3.05, 3.63) is 95.9 Å². The number of urea groups is 1. The third-order valence-corrected chi connectivity index (χ3v) is 5.51. The Morgan fingerprint density at radius 1 is 1.06 bits per heavy atom. The van der Waals surface area contributed by atoms with Crippen LogP contribution in [-0.2, 0) is 11.8 Å². The monoisotopic (exact) mass is 442 g/mol. The summed E-state index contributed by atoms with van der Waals surface area (Å²) in [5.41, 5.74) is 4.31. The quantitative estimate of drug-likeness (QED) is 0.406. The third kappa shape index (κ3) is 5.03. The van der Waals surface area contributed by atoms with Crippen LogP contribution in [0.25, 0.3) is 10.9 Å². The second-order valence-electron chi connectivity index (χ2n) is 7.68. The fourth-order valence-corrected chi connectivity index (χ4v) is 3.91. The van der Waals surface area contributed by atoms with Gasteiger partial charge in [-0.3, -0.25) is 4.98 Å². The zero-order valence-corrected chi connectivity index (χ0v) is 18.6. The molecular weight excluding hydrogens is 416 g/mol. The molecule has 7 heteroatoms. The average Bonchev–Trinajstić information content (AvgIpc) is 3.17. The topological polar surface area (TPSA) is 85.2 Å². The van der Waals surface area contributed by atoms with Crippen LogP contribution in [0.5, 0.6) is 0 Å². The van der Waals surface area contributed by atoms with Crippen LogP contribution in [0.1, 0.15) is 34.3 Å². The number of fused-ring (bicyclic) bond motifs is 1. The van der Waals surface area contributed by atoms with E-state index in [-0.39, 0.29) is 17.9 Å². The van der Waals surface area contributed by atoms with Crippen molar-refractivity contribution >= 4 is 28.6 Å². The molecular formula is C26H26N4O3. The molecule has 1 atom stereocenters. The minimum absolute atomic E-state index is 0.0678. The normalized spacial score (nSPS) is 11.7. The van der Waals surface area contributed by atoms with Crippen molar-refractivity contribution in [2.45, 2.75) is 12.8 Å². The molecule has 0 radical (unpaired) electrons. The van der Waals surface area contributed by atoms with E-state index in [9.17, 15) is 9.59 Å². The Kier molecular flexibility index (Phi) is 6.69. The van der Waals surface area contributed by atoms with Gasteiger partial charge in [-0.15, -0.1) is 0 Å². The highest BCUT2D eigenvalue weighted by molar-refractivity contribution is 5.92. The molecule has 7 nitrogen and oxygen atoms in total. The maximum absolute atomic E-state index is 12.6. The molecule has 0 aliphatic heterocycles. The fourth-order valence-electron chi connectivity index (χ4n) is 3.91. The Hall–Kier alpha value is -4.13. The summed E-state index contributed by atoms with van der Waals surface area (Å²) >= 11 is 0. The number of amides is 2. The largest absolute Gasteiger partial charge is 0.462 e. The first-order chi connectivity index (χ1) is 16.1. The number of nitrogens with zero attached hydrogens (tertiary/aromatic N) is 2. The lowest BCUT2D eigenvalue weighted by atomic mass is 9.92. The number of aromatic nitrogens is 2. The molecule has 0 aliphatic rings. The van der Waals surface area contributed by atoms with Crippen LogP contribution in [0.15, 0.2) is 79.3 Å². The average molecular weight is 443 g/mol. The predicted octanol–water partition coefficient (Wildman–Crippen LogP) is 4.70. The molecule has 4 aromatic rings. The van der Waals surface area contributed by atoms with Crippen LogP contribution in [0, 0.1) is 0 Å². The molecule has 2 amide bonds. The van der Waals surface area contributed by atoms with E-state index in [1.807, 2.05) is 37.5 Å².